The van der Waals surface area contributed by atoms with Gasteiger partial charge in [-0.25, -0.2) is 4.39 Å². The number of anilines is 1. The minimum absolute atomic E-state index is 0.120. The van der Waals surface area contributed by atoms with Crippen LogP contribution in [0.1, 0.15) is 43.6 Å². The van der Waals surface area contributed by atoms with Gasteiger partial charge in [-0.2, -0.15) is 0 Å². The highest BCUT2D eigenvalue weighted by atomic mass is 19.1. The van der Waals surface area contributed by atoms with E-state index in [2.05, 4.69) is 12.1 Å². The van der Waals surface area contributed by atoms with E-state index in [4.69, 9.17) is 0 Å². The van der Waals surface area contributed by atoms with Gasteiger partial charge in [-0.15, -0.1) is 0 Å². The van der Waals surface area contributed by atoms with Crippen LogP contribution in [0.2, 0.25) is 0 Å². The molecule has 0 bridgehead atoms. The molecule has 2 heterocycles. The van der Waals surface area contributed by atoms with Crippen LogP contribution in [0, 0.1) is 17.7 Å². The molecular weight excluding hydrogens is 429 g/mol. The highest BCUT2D eigenvalue weighted by molar-refractivity contribution is 5.83. The summed E-state index contributed by atoms with van der Waals surface area (Å²) in [5, 5.41) is 0. The van der Waals surface area contributed by atoms with E-state index in [0.717, 1.165) is 32.1 Å². The van der Waals surface area contributed by atoms with Crippen LogP contribution in [0.5, 0.6) is 0 Å². The molecule has 1 aliphatic carbocycles. The van der Waals surface area contributed by atoms with Crippen molar-refractivity contribution in [2.24, 2.45) is 11.8 Å². The van der Waals surface area contributed by atoms with Gasteiger partial charge in [0.2, 0.25) is 11.8 Å². The zero-order valence-corrected chi connectivity index (χ0v) is 19.7. The third-order valence-electron chi connectivity index (χ3n) is 7.87. The van der Waals surface area contributed by atoms with E-state index < -0.39 is 0 Å². The molecule has 0 N–H and O–H groups in total. The Hall–Kier alpha value is -2.89. The molecule has 0 radical (unpaired) electrons. The van der Waals surface area contributed by atoms with Crippen LogP contribution in [0.4, 0.5) is 10.1 Å². The lowest BCUT2D eigenvalue weighted by molar-refractivity contribution is -0.143. The second-order valence-corrected chi connectivity index (χ2v) is 10.0. The van der Waals surface area contributed by atoms with Crippen LogP contribution in [-0.2, 0) is 9.59 Å². The van der Waals surface area contributed by atoms with Crippen LogP contribution in [0.3, 0.4) is 0 Å². The third kappa shape index (κ3) is 4.82. The minimum atomic E-state index is -0.221. The molecule has 5 rings (SSSR count). The Morgan fingerprint density at radius 1 is 0.735 bits per heavy atom. The molecule has 0 spiro atoms. The van der Waals surface area contributed by atoms with Crippen LogP contribution in [0.25, 0.3) is 0 Å². The largest absolute Gasteiger partial charge is 0.366 e. The molecule has 0 aromatic heterocycles. The van der Waals surface area contributed by atoms with E-state index in [1.54, 1.807) is 12.1 Å². The SMILES string of the molecule is O=C(C1CC(c2ccccc2)CN(C(=O)C2CCCC2)C1)N1CCN(c2ccccc2F)CC1. The molecule has 2 atom stereocenters. The topological polar surface area (TPSA) is 43.9 Å². The second kappa shape index (κ2) is 10.2. The number of likely N-dealkylation sites (tertiary alicyclic amines) is 1. The van der Waals surface area contributed by atoms with Crippen molar-refractivity contribution in [2.45, 2.75) is 38.0 Å². The lowest BCUT2D eigenvalue weighted by atomic mass is 9.83. The van der Waals surface area contributed by atoms with E-state index in [1.165, 1.54) is 11.6 Å². The molecule has 2 aromatic rings. The summed E-state index contributed by atoms with van der Waals surface area (Å²) in [7, 11) is 0. The fourth-order valence-electron chi connectivity index (χ4n) is 5.99. The first kappa shape index (κ1) is 22.9. The third-order valence-corrected chi connectivity index (χ3v) is 7.87. The molecule has 34 heavy (non-hydrogen) atoms. The number of rotatable bonds is 4. The van der Waals surface area contributed by atoms with Gasteiger partial charge in [-0.05, 0) is 37.0 Å². The summed E-state index contributed by atoms with van der Waals surface area (Å²) >= 11 is 0. The van der Waals surface area contributed by atoms with Gasteiger partial charge in [0.25, 0.3) is 0 Å². The van der Waals surface area contributed by atoms with Gasteiger partial charge in [0.1, 0.15) is 5.82 Å². The fraction of sp³-hybridized carbons (Fsp3) is 0.500. The van der Waals surface area contributed by atoms with Crippen LogP contribution < -0.4 is 4.90 Å². The van der Waals surface area contributed by atoms with Gasteiger partial charge in [0.05, 0.1) is 11.6 Å². The monoisotopic (exact) mass is 463 g/mol. The Kier molecular flexibility index (Phi) is 6.84. The van der Waals surface area contributed by atoms with Crippen LogP contribution in [0.15, 0.2) is 54.6 Å². The van der Waals surface area contributed by atoms with Crippen molar-refractivity contribution in [2.75, 3.05) is 44.2 Å². The average molecular weight is 464 g/mol. The van der Waals surface area contributed by atoms with Gasteiger partial charge in [-0.3, -0.25) is 9.59 Å². The van der Waals surface area contributed by atoms with Crippen LogP contribution in [-0.4, -0.2) is 60.9 Å². The van der Waals surface area contributed by atoms with Crippen molar-refractivity contribution in [1.29, 1.82) is 0 Å². The van der Waals surface area contributed by atoms with Crippen molar-refractivity contribution < 1.29 is 14.0 Å². The van der Waals surface area contributed by atoms with Crippen molar-refractivity contribution in [3.05, 3.63) is 66.0 Å². The maximum absolute atomic E-state index is 14.2. The summed E-state index contributed by atoms with van der Waals surface area (Å²) in [6.07, 6.45) is 4.97. The van der Waals surface area contributed by atoms with Crippen molar-refractivity contribution in [3.63, 3.8) is 0 Å². The van der Waals surface area contributed by atoms with E-state index in [-0.39, 0.29) is 35.4 Å². The van der Waals surface area contributed by atoms with E-state index in [1.807, 2.05) is 39.0 Å². The minimum Gasteiger partial charge on any atom is -0.366 e. The number of benzene rings is 2. The highest BCUT2D eigenvalue weighted by Crippen LogP contribution is 2.35. The molecule has 2 amide bonds. The first-order valence-electron chi connectivity index (χ1n) is 12.7. The maximum atomic E-state index is 14.2. The lowest BCUT2D eigenvalue weighted by Gasteiger charge is -2.42. The Labute approximate surface area is 201 Å². The fourth-order valence-corrected chi connectivity index (χ4v) is 5.99. The summed E-state index contributed by atoms with van der Waals surface area (Å²) in [6.45, 7) is 3.61. The Bertz CT molecular complexity index is 1000. The predicted molar refractivity (Wildman–Crippen MR) is 131 cm³/mol. The average Bonchev–Trinajstić information content (AvgIpc) is 3.44. The molecule has 2 aliphatic heterocycles. The number of hydrogen-bond donors (Lipinski definition) is 0. The number of halogens is 1. The first-order chi connectivity index (χ1) is 16.6. The normalized spacial score (nSPS) is 23.9. The number of amides is 2. The van der Waals surface area contributed by atoms with Gasteiger partial charge < -0.3 is 14.7 Å². The van der Waals surface area contributed by atoms with Gasteiger partial charge in [0, 0.05) is 51.1 Å². The summed E-state index contributed by atoms with van der Waals surface area (Å²) in [5.74, 6) is 0.257. The molecule has 5 nitrogen and oxygen atoms in total. The van der Waals surface area contributed by atoms with E-state index in [0.29, 0.717) is 45.0 Å². The van der Waals surface area contributed by atoms with Crippen molar-refractivity contribution in [3.8, 4) is 0 Å². The lowest BCUT2D eigenvalue weighted by Crippen LogP contribution is -2.54. The molecule has 3 aliphatic rings. The Morgan fingerprint density at radius 3 is 2.09 bits per heavy atom. The highest BCUT2D eigenvalue weighted by Gasteiger charge is 2.39. The summed E-state index contributed by atoms with van der Waals surface area (Å²) in [5.41, 5.74) is 1.80. The van der Waals surface area contributed by atoms with E-state index in [9.17, 15) is 14.0 Å². The molecule has 2 saturated heterocycles. The summed E-state index contributed by atoms with van der Waals surface area (Å²) in [6, 6.07) is 17.1. The Balaban J connectivity index is 1.28. The standard InChI is InChI=1S/C28H34FN3O2/c29-25-12-6-7-13-26(25)30-14-16-31(17-15-30)28(34)24-18-23(21-8-2-1-3-9-21)19-32(20-24)27(33)22-10-4-5-11-22/h1-3,6-9,12-13,22-24H,4-5,10-11,14-20H2. The predicted octanol–water partition coefficient (Wildman–Crippen LogP) is 4.30. The molecular formula is C28H34FN3O2. The summed E-state index contributed by atoms with van der Waals surface area (Å²) < 4.78 is 14.2. The zero-order chi connectivity index (χ0) is 23.5. The number of carbonyl (C=O) groups excluding carboxylic acids is 2. The smallest absolute Gasteiger partial charge is 0.227 e. The zero-order valence-electron chi connectivity index (χ0n) is 19.7. The van der Waals surface area contributed by atoms with Gasteiger partial charge in [0.15, 0.2) is 0 Å². The van der Waals surface area contributed by atoms with Crippen molar-refractivity contribution in [1.82, 2.24) is 9.80 Å². The molecule has 2 unspecified atom stereocenters. The number of carbonyl (C=O) groups is 2. The molecule has 2 aromatic carbocycles. The van der Waals surface area contributed by atoms with Crippen LogP contribution >= 0.6 is 0 Å². The second-order valence-electron chi connectivity index (χ2n) is 10.0. The number of piperidine rings is 1. The van der Waals surface area contributed by atoms with Crippen molar-refractivity contribution >= 4 is 17.5 Å². The Morgan fingerprint density at radius 2 is 1.38 bits per heavy atom. The number of nitrogens with zero attached hydrogens (tertiary/aromatic N) is 3. The summed E-state index contributed by atoms with van der Waals surface area (Å²) in [4.78, 5) is 32.9. The first-order valence-corrected chi connectivity index (χ1v) is 12.7. The van der Waals surface area contributed by atoms with Gasteiger partial charge in [-0.1, -0.05) is 55.3 Å². The van der Waals surface area contributed by atoms with Gasteiger partial charge >= 0.3 is 0 Å². The number of hydrogen-bond acceptors (Lipinski definition) is 3. The quantitative estimate of drug-likeness (QED) is 0.679. The molecule has 3 fully saturated rings. The molecule has 1 saturated carbocycles. The maximum Gasteiger partial charge on any atom is 0.227 e. The molecule has 6 heteroatoms. The molecule has 180 valence electrons. The number of piperazine rings is 1. The van der Waals surface area contributed by atoms with E-state index >= 15 is 0 Å². The number of para-hydroxylation sites is 1.